The molecular weight excluding hydrogens is 274 g/mol. The largest absolute Gasteiger partial charge is 0.482 e. The van der Waals surface area contributed by atoms with E-state index in [-0.39, 0.29) is 0 Å². The molecular formula is C14H17N3O2S. The topological polar surface area (TPSA) is 66.7 Å². The summed E-state index contributed by atoms with van der Waals surface area (Å²) in [7, 11) is 0. The van der Waals surface area contributed by atoms with Crippen LogP contribution in [-0.2, 0) is 0 Å². The standard InChI is InChI=1S/C14H17N3O2S/c1-9-6-10(2)15-13(7-9)16-14(17-18)11(3)19-12-4-5-20-8-12/h4-8,11,18H,1-3H3,(H,15,16,17). The van der Waals surface area contributed by atoms with Crippen molar-refractivity contribution in [2.75, 3.05) is 0 Å². The van der Waals surface area contributed by atoms with E-state index in [0.29, 0.717) is 11.7 Å². The van der Waals surface area contributed by atoms with Crippen LogP contribution in [-0.4, -0.2) is 22.1 Å². The number of amidine groups is 1. The Hall–Kier alpha value is -1.92. The highest BCUT2D eigenvalue weighted by molar-refractivity contribution is 7.08. The molecule has 1 unspecified atom stereocenters. The van der Waals surface area contributed by atoms with Crippen LogP contribution in [0.15, 0.2) is 34.0 Å². The molecule has 2 aromatic heterocycles. The fraction of sp³-hybridized carbons (Fsp3) is 0.286. The lowest BCUT2D eigenvalue weighted by Crippen LogP contribution is -2.34. The summed E-state index contributed by atoms with van der Waals surface area (Å²) in [5.74, 6) is 1.60. The molecule has 2 heterocycles. The van der Waals surface area contributed by atoms with Gasteiger partial charge in [0.1, 0.15) is 5.75 Å². The van der Waals surface area contributed by atoms with Crippen LogP contribution in [0.1, 0.15) is 18.2 Å². The lowest BCUT2D eigenvalue weighted by molar-refractivity contribution is 0.205. The van der Waals surface area contributed by atoms with Gasteiger partial charge in [-0.25, -0.2) is 9.98 Å². The van der Waals surface area contributed by atoms with Crippen molar-refractivity contribution in [2.24, 2.45) is 4.99 Å². The number of ether oxygens (including phenoxy) is 1. The van der Waals surface area contributed by atoms with Crippen molar-refractivity contribution in [1.29, 1.82) is 0 Å². The molecule has 0 aliphatic carbocycles. The van der Waals surface area contributed by atoms with Crippen LogP contribution in [0.4, 0.5) is 5.82 Å². The molecule has 6 heteroatoms. The van der Waals surface area contributed by atoms with Crippen molar-refractivity contribution in [1.82, 2.24) is 10.5 Å². The molecule has 0 saturated heterocycles. The molecule has 0 aromatic carbocycles. The molecule has 0 fully saturated rings. The number of thiophene rings is 1. The number of aromatic nitrogens is 1. The molecule has 0 saturated carbocycles. The lowest BCUT2D eigenvalue weighted by atomic mass is 10.2. The molecule has 106 valence electrons. The lowest BCUT2D eigenvalue weighted by Gasteiger charge is -2.15. The number of hydroxylamine groups is 1. The Morgan fingerprint density at radius 2 is 2.25 bits per heavy atom. The first-order valence-corrected chi connectivity index (χ1v) is 7.15. The summed E-state index contributed by atoms with van der Waals surface area (Å²) < 4.78 is 5.67. The van der Waals surface area contributed by atoms with E-state index in [4.69, 9.17) is 4.74 Å². The van der Waals surface area contributed by atoms with Crippen molar-refractivity contribution in [2.45, 2.75) is 26.9 Å². The fourth-order valence-electron chi connectivity index (χ4n) is 1.79. The highest BCUT2D eigenvalue weighted by atomic mass is 32.1. The van der Waals surface area contributed by atoms with E-state index in [1.165, 1.54) is 0 Å². The van der Waals surface area contributed by atoms with Crippen molar-refractivity contribution in [3.63, 3.8) is 0 Å². The molecule has 0 bridgehead atoms. The zero-order valence-corrected chi connectivity index (χ0v) is 12.4. The minimum Gasteiger partial charge on any atom is -0.482 e. The van der Waals surface area contributed by atoms with Gasteiger partial charge in [-0.3, -0.25) is 10.7 Å². The van der Waals surface area contributed by atoms with Crippen molar-refractivity contribution < 1.29 is 9.94 Å². The van der Waals surface area contributed by atoms with Gasteiger partial charge in [-0.1, -0.05) is 0 Å². The number of rotatable bonds is 4. The van der Waals surface area contributed by atoms with Crippen LogP contribution in [0.25, 0.3) is 0 Å². The maximum atomic E-state index is 9.24. The third-order valence-corrected chi connectivity index (χ3v) is 3.29. The Labute approximate surface area is 121 Å². The van der Waals surface area contributed by atoms with E-state index in [0.717, 1.165) is 17.0 Å². The zero-order valence-electron chi connectivity index (χ0n) is 11.6. The van der Waals surface area contributed by atoms with Crippen LogP contribution in [0, 0.1) is 13.8 Å². The SMILES string of the molecule is Cc1cc(C)nc(N=C(NO)C(C)Oc2ccsc2)c1. The van der Waals surface area contributed by atoms with Gasteiger partial charge in [0.2, 0.25) is 0 Å². The van der Waals surface area contributed by atoms with Gasteiger partial charge < -0.3 is 4.74 Å². The Kier molecular flexibility index (Phi) is 4.70. The van der Waals surface area contributed by atoms with Gasteiger partial charge in [-0.05, 0) is 49.9 Å². The summed E-state index contributed by atoms with van der Waals surface area (Å²) in [6, 6.07) is 5.68. The summed E-state index contributed by atoms with van der Waals surface area (Å²) in [6.07, 6.45) is -0.405. The monoisotopic (exact) mass is 291 g/mol. The number of hydrogen-bond acceptors (Lipinski definition) is 5. The van der Waals surface area contributed by atoms with Gasteiger partial charge in [0.05, 0.1) is 0 Å². The molecule has 1 atom stereocenters. The molecule has 0 spiro atoms. The van der Waals surface area contributed by atoms with Gasteiger partial charge in [-0.2, -0.15) is 0 Å². The van der Waals surface area contributed by atoms with Crippen LogP contribution < -0.4 is 10.2 Å². The Morgan fingerprint density at radius 3 is 2.85 bits per heavy atom. The van der Waals surface area contributed by atoms with E-state index in [9.17, 15) is 5.21 Å². The maximum Gasteiger partial charge on any atom is 0.168 e. The smallest absolute Gasteiger partial charge is 0.168 e. The Balaban J connectivity index is 2.19. The molecule has 0 aliphatic heterocycles. The number of aryl methyl sites for hydroxylation is 2. The van der Waals surface area contributed by atoms with Crippen molar-refractivity contribution in [3.8, 4) is 5.75 Å². The average molecular weight is 291 g/mol. The quantitative estimate of drug-likeness (QED) is 0.515. The first-order valence-electron chi connectivity index (χ1n) is 6.21. The number of nitrogens with one attached hydrogen (secondary N) is 1. The normalized spacial score (nSPS) is 13.1. The molecule has 2 N–H and O–H groups in total. The van der Waals surface area contributed by atoms with Gasteiger partial charge in [0, 0.05) is 11.1 Å². The van der Waals surface area contributed by atoms with Crippen LogP contribution in [0.5, 0.6) is 5.75 Å². The van der Waals surface area contributed by atoms with Crippen molar-refractivity contribution >= 4 is 23.0 Å². The molecule has 20 heavy (non-hydrogen) atoms. The van der Waals surface area contributed by atoms with E-state index in [2.05, 4.69) is 15.5 Å². The highest BCUT2D eigenvalue weighted by Crippen LogP contribution is 2.18. The van der Waals surface area contributed by atoms with Crippen molar-refractivity contribution in [3.05, 3.63) is 40.2 Å². The minimum absolute atomic E-state index is 0.314. The number of nitrogens with zero attached hydrogens (tertiary/aromatic N) is 2. The van der Waals surface area contributed by atoms with E-state index >= 15 is 0 Å². The molecule has 0 radical (unpaired) electrons. The first kappa shape index (κ1) is 14.5. The van der Waals surface area contributed by atoms with Gasteiger partial charge in [0.25, 0.3) is 0 Å². The molecule has 2 aromatic rings. The molecule has 0 amide bonds. The first-order chi connectivity index (χ1) is 9.58. The number of pyridine rings is 1. The summed E-state index contributed by atoms with van der Waals surface area (Å²) in [5.41, 5.74) is 4.04. The number of aliphatic imine (C=N–C) groups is 1. The molecule has 2 rings (SSSR count). The predicted octanol–water partition coefficient (Wildman–Crippen LogP) is 3.24. The van der Waals surface area contributed by atoms with Gasteiger partial charge in [-0.15, -0.1) is 11.3 Å². The fourth-order valence-corrected chi connectivity index (χ4v) is 2.35. The van der Waals surface area contributed by atoms with E-state index < -0.39 is 6.10 Å². The predicted molar refractivity (Wildman–Crippen MR) is 80.1 cm³/mol. The third kappa shape index (κ3) is 3.79. The second-order valence-electron chi connectivity index (χ2n) is 4.47. The Morgan fingerprint density at radius 1 is 1.45 bits per heavy atom. The maximum absolute atomic E-state index is 9.24. The summed E-state index contributed by atoms with van der Waals surface area (Å²) in [6.45, 7) is 5.69. The Bertz CT molecular complexity index is 576. The zero-order chi connectivity index (χ0) is 14.5. The second kappa shape index (κ2) is 6.49. The molecule has 0 aliphatic rings. The van der Waals surface area contributed by atoms with Crippen LogP contribution in [0.2, 0.25) is 0 Å². The minimum atomic E-state index is -0.405. The van der Waals surface area contributed by atoms with Crippen LogP contribution in [0.3, 0.4) is 0 Å². The van der Waals surface area contributed by atoms with E-state index in [1.54, 1.807) is 11.3 Å². The summed E-state index contributed by atoms with van der Waals surface area (Å²) in [4.78, 5) is 8.61. The van der Waals surface area contributed by atoms with Gasteiger partial charge in [0.15, 0.2) is 17.8 Å². The average Bonchev–Trinajstić information content (AvgIpc) is 2.87. The third-order valence-electron chi connectivity index (χ3n) is 2.63. The van der Waals surface area contributed by atoms with Gasteiger partial charge >= 0.3 is 0 Å². The number of hydrogen-bond donors (Lipinski definition) is 2. The second-order valence-corrected chi connectivity index (χ2v) is 5.25. The summed E-state index contributed by atoms with van der Waals surface area (Å²) >= 11 is 1.55. The highest BCUT2D eigenvalue weighted by Gasteiger charge is 2.13. The summed E-state index contributed by atoms with van der Waals surface area (Å²) in [5, 5.41) is 13.1. The van der Waals surface area contributed by atoms with Crippen LogP contribution >= 0.6 is 11.3 Å². The molecule has 5 nitrogen and oxygen atoms in total. The van der Waals surface area contributed by atoms with E-state index in [1.807, 2.05) is 49.7 Å².